The number of rotatable bonds is 5. The first kappa shape index (κ1) is 17.5. The molecule has 3 nitrogen and oxygen atoms in total. The monoisotopic (exact) mass is 336 g/mol. The minimum atomic E-state index is 0.265. The molecule has 0 bridgehead atoms. The van der Waals surface area contributed by atoms with Crippen molar-refractivity contribution in [2.45, 2.75) is 38.6 Å². The first-order valence-corrected chi connectivity index (χ1v) is 9.30. The quantitative estimate of drug-likeness (QED) is 0.796. The van der Waals surface area contributed by atoms with Crippen molar-refractivity contribution in [2.24, 2.45) is 0 Å². The van der Waals surface area contributed by atoms with Crippen LogP contribution in [0.15, 0.2) is 54.6 Å². The summed E-state index contributed by atoms with van der Waals surface area (Å²) in [6.45, 7) is 5.67. The highest BCUT2D eigenvalue weighted by Crippen LogP contribution is 2.45. The predicted octanol–water partition coefficient (Wildman–Crippen LogP) is 4.61. The van der Waals surface area contributed by atoms with E-state index >= 15 is 0 Å². The molecule has 0 fully saturated rings. The normalized spacial score (nSPS) is 19.4. The molecule has 1 aliphatic heterocycles. The van der Waals surface area contributed by atoms with E-state index in [0.717, 1.165) is 19.5 Å². The van der Waals surface area contributed by atoms with Gasteiger partial charge in [-0.05, 0) is 43.4 Å². The fourth-order valence-electron chi connectivity index (χ4n) is 4.02. The van der Waals surface area contributed by atoms with Crippen LogP contribution in [0.1, 0.15) is 49.8 Å². The van der Waals surface area contributed by atoms with Crippen LogP contribution in [0, 0.1) is 0 Å². The predicted molar refractivity (Wildman–Crippen MR) is 104 cm³/mol. The first-order chi connectivity index (χ1) is 12.2. The molecule has 1 aliphatic rings. The van der Waals surface area contributed by atoms with E-state index in [9.17, 15) is 4.79 Å². The van der Waals surface area contributed by atoms with Crippen molar-refractivity contribution >= 4 is 11.6 Å². The Labute approximate surface area is 151 Å². The maximum atomic E-state index is 12.7. The van der Waals surface area contributed by atoms with Gasteiger partial charge in [0.2, 0.25) is 5.91 Å². The lowest BCUT2D eigenvalue weighted by Crippen LogP contribution is -2.35. The summed E-state index contributed by atoms with van der Waals surface area (Å²) in [4.78, 5) is 17.0. The van der Waals surface area contributed by atoms with Crippen LogP contribution in [0.2, 0.25) is 0 Å². The number of hydrogen-bond donors (Lipinski definition) is 0. The molecule has 0 spiro atoms. The number of benzene rings is 2. The molecule has 132 valence electrons. The molecule has 0 aromatic heterocycles. The third-order valence-corrected chi connectivity index (χ3v) is 5.45. The molecule has 2 aromatic rings. The Morgan fingerprint density at radius 1 is 1.04 bits per heavy atom. The fourth-order valence-corrected chi connectivity index (χ4v) is 4.02. The molecule has 0 saturated carbocycles. The number of carbonyl (C=O) groups excluding carboxylic acids is 1. The number of fused-ring (bicyclic) bond motifs is 1. The van der Waals surface area contributed by atoms with Crippen LogP contribution >= 0.6 is 0 Å². The van der Waals surface area contributed by atoms with Crippen LogP contribution in [0.25, 0.3) is 0 Å². The first-order valence-electron chi connectivity index (χ1n) is 9.30. The molecule has 2 aromatic carbocycles. The molecule has 1 amide bonds. The molecular formula is C22H28N2O. The highest BCUT2D eigenvalue weighted by molar-refractivity contribution is 5.78. The van der Waals surface area contributed by atoms with Gasteiger partial charge < -0.3 is 9.80 Å². The number of nitrogens with zero attached hydrogens (tertiary/aromatic N) is 2. The molecule has 0 aliphatic carbocycles. The van der Waals surface area contributed by atoms with Crippen LogP contribution in [0.4, 0.5) is 5.69 Å². The zero-order valence-electron chi connectivity index (χ0n) is 15.5. The van der Waals surface area contributed by atoms with Crippen molar-refractivity contribution in [3.05, 3.63) is 65.7 Å². The maximum Gasteiger partial charge on any atom is 0.223 e. The summed E-state index contributed by atoms with van der Waals surface area (Å²) in [5.74, 6) is 0.534. The summed E-state index contributed by atoms with van der Waals surface area (Å²) in [6, 6.07) is 19.5. The minimum Gasteiger partial charge on any atom is -0.367 e. The summed E-state index contributed by atoms with van der Waals surface area (Å²) in [5.41, 5.74) is 3.87. The second-order valence-electron chi connectivity index (χ2n) is 6.80. The molecule has 2 atom stereocenters. The van der Waals surface area contributed by atoms with E-state index < -0.39 is 0 Å². The summed E-state index contributed by atoms with van der Waals surface area (Å²) in [6.07, 6.45) is 1.57. The lowest BCUT2D eigenvalue weighted by molar-refractivity contribution is -0.131. The smallest absolute Gasteiger partial charge is 0.223 e. The SMILES string of the molecule is CCN(CC)C(=O)C[C@H]1C[C@H](c2ccccc2)N(C)c2ccccc21. The van der Waals surface area contributed by atoms with Crippen LogP contribution < -0.4 is 4.90 Å². The number of anilines is 1. The molecule has 3 heteroatoms. The Balaban J connectivity index is 1.92. The molecule has 0 saturated heterocycles. The van der Waals surface area contributed by atoms with Gasteiger partial charge in [-0.2, -0.15) is 0 Å². The summed E-state index contributed by atoms with van der Waals surface area (Å²) in [5, 5.41) is 0. The van der Waals surface area contributed by atoms with Crippen LogP contribution in [-0.2, 0) is 4.79 Å². The molecular weight excluding hydrogens is 308 g/mol. The average molecular weight is 336 g/mol. The molecule has 1 heterocycles. The standard InChI is InChI=1S/C22H28N2O/c1-4-24(5-2)22(25)16-18-15-21(17-11-7-6-8-12-17)23(3)20-14-10-9-13-19(18)20/h6-14,18,21H,4-5,15-16H2,1-3H3/t18-,21-/m1/s1. The fraction of sp³-hybridized carbons (Fsp3) is 0.409. The highest BCUT2D eigenvalue weighted by atomic mass is 16.2. The van der Waals surface area contributed by atoms with E-state index in [1.165, 1.54) is 16.8 Å². The molecule has 3 rings (SSSR count). The summed E-state index contributed by atoms with van der Waals surface area (Å²) >= 11 is 0. The Morgan fingerprint density at radius 2 is 1.68 bits per heavy atom. The lowest BCUT2D eigenvalue weighted by atomic mass is 9.81. The van der Waals surface area contributed by atoms with E-state index in [1.54, 1.807) is 0 Å². The van der Waals surface area contributed by atoms with Gasteiger partial charge in [-0.1, -0.05) is 48.5 Å². The van der Waals surface area contributed by atoms with Gasteiger partial charge in [0.15, 0.2) is 0 Å². The van der Waals surface area contributed by atoms with Crippen LogP contribution in [0.3, 0.4) is 0 Å². The third-order valence-electron chi connectivity index (χ3n) is 5.45. The van der Waals surface area contributed by atoms with Gasteiger partial charge >= 0.3 is 0 Å². The van der Waals surface area contributed by atoms with Crippen molar-refractivity contribution in [1.82, 2.24) is 4.90 Å². The Morgan fingerprint density at radius 3 is 2.36 bits per heavy atom. The Kier molecular flexibility index (Phi) is 5.42. The van der Waals surface area contributed by atoms with Gasteiger partial charge in [0.05, 0.1) is 6.04 Å². The van der Waals surface area contributed by atoms with E-state index in [2.05, 4.69) is 80.4 Å². The average Bonchev–Trinajstić information content (AvgIpc) is 2.66. The number of hydrogen-bond acceptors (Lipinski definition) is 2. The largest absolute Gasteiger partial charge is 0.367 e. The molecule has 0 radical (unpaired) electrons. The van der Waals surface area contributed by atoms with Crippen molar-refractivity contribution in [3.8, 4) is 0 Å². The minimum absolute atomic E-state index is 0.265. The van der Waals surface area contributed by atoms with Gasteiger partial charge in [0.25, 0.3) is 0 Å². The van der Waals surface area contributed by atoms with Crippen molar-refractivity contribution in [2.75, 3.05) is 25.0 Å². The summed E-state index contributed by atoms with van der Waals surface area (Å²) < 4.78 is 0. The number of amides is 1. The van der Waals surface area contributed by atoms with Gasteiger partial charge in [0, 0.05) is 32.2 Å². The Hall–Kier alpha value is -2.29. The second kappa shape index (κ2) is 7.73. The van der Waals surface area contributed by atoms with Gasteiger partial charge in [-0.15, -0.1) is 0 Å². The number of carbonyl (C=O) groups is 1. The number of para-hydroxylation sites is 1. The van der Waals surface area contributed by atoms with Crippen LogP contribution in [0.5, 0.6) is 0 Å². The van der Waals surface area contributed by atoms with E-state index in [0.29, 0.717) is 12.5 Å². The molecule has 0 unspecified atom stereocenters. The van der Waals surface area contributed by atoms with Gasteiger partial charge in [-0.3, -0.25) is 4.79 Å². The third kappa shape index (κ3) is 3.55. The van der Waals surface area contributed by atoms with Crippen molar-refractivity contribution in [3.63, 3.8) is 0 Å². The van der Waals surface area contributed by atoms with E-state index in [4.69, 9.17) is 0 Å². The lowest BCUT2D eigenvalue weighted by Gasteiger charge is -2.40. The van der Waals surface area contributed by atoms with Crippen molar-refractivity contribution in [1.29, 1.82) is 0 Å². The molecule has 0 N–H and O–H groups in total. The van der Waals surface area contributed by atoms with E-state index in [1.807, 2.05) is 4.90 Å². The van der Waals surface area contributed by atoms with Crippen molar-refractivity contribution < 1.29 is 4.79 Å². The Bertz CT molecular complexity index is 709. The topological polar surface area (TPSA) is 23.6 Å². The van der Waals surface area contributed by atoms with Crippen LogP contribution in [-0.4, -0.2) is 30.9 Å². The summed E-state index contributed by atoms with van der Waals surface area (Å²) in [7, 11) is 2.17. The second-order valence-corrected chi connectivity index (χ2v) is 6.80. The zero-order valence-corrected chi connectivity index (χ0v) is 15.5. The zero-order chi connectivity index (χ0) is 17.8. The molecule has 25 heavy (non-hydrogen) atoms. The van der Waals surface area contributed by atoms with Gasteiger partial charge in [-0.25, -0.2) is 0 Å². The van der Waals surface area contributed by atoms with E-state index in [-0.39, 0.29) is 11.8 Å². The highest BCUT2D eigenvalue weighted by Gasteiger charge is 2.32. The maximum absolute atomic E-state index is 12.7. The van der Waals surface area contributed by atoms with Gasteiger partial charge in [0.1, 0.15) is 0 Å².